The zero-order chi connectivity index (χ0) is 17.4. The second kappa shape index (κ2) is 9.17. The Morgan fingerprint density at radius 3 is 2.33 bits per heavy atom. The number of methoxy groups -OCH3 is 2. The van der Waals surface area contributed by atoms with E-state index in [9.17, 15) is 0 Å². The summed E-state index contributed by atoms with van der Waals surface area (Å²) in [4.78, 5) is 2.20. The second-order valence-electron chi connectivity index (χ2n) is 5.40. The van der Waals surface area contributed by atoms with Crippen molar-refractivity contribution < 1.29 is 9.47 Å². The van der Waals surface area contributed by atoms with Crippen molar-refractivity contribution in [3.05, 3.63) is 58.6 Å². The van der Waals surface area contributed by atoms with Gasteiger partial charge in [-0.2, -0.15) is 5.26 Å². The zero-order valence-electron chi connectivity index (χ0n) is 14.0. The molecule has 0 saturated carbocycles. The topological polar surface area (TPSA) is 45.5 Å². The van der Waals surface area contributed by atoms with Crippen molar-refractivity contribution in [2.75, 3.05) is 20.8 Å². The molecular weight excluding hydrogens is 324 g/mol. The summed E-state index contributed by atoms with van der Waals surface area (Å²) in [6, 6.07) is 16.0. The van der Waals surface area contributed by atoms with Crippen molar-refractivity contribution in [3.8, 4) is 17.6 Å². The standard InChI is InChI=1S/C19H21ClN2O2/c1-23-18-11-16(17(20)12-19(18)24-2)14-22(10-6-9-21)13-15-7-4-3-5-8-15/h3-5,7-8,11-12H,6,10,13-14H2,1-2H3. The number of rotatable bonds is 8. The molecule has 5 heteroatoms. The lowest BCUT2D eigenvalue weighted by Crippen LogP contribution is -2.24. The highest BCUT2D eigenvalue weighted by atomic mass is 35.5. The number of nitrogens with zero attached hydrogens (tertiary/aromatic N) is 2. The Labute approximate surface area is 148 Å². The fourth-order valence-corrected chi connectivity index (χ4v) is 2.74. The van der Waals surface area contributed by atoms with Gasteiger partial charge in [0.05, 0.1) is 20.3 Å². The van der Waals surface area contributed by atoms with E-state index in [0.29, 0.717) is 36.0 Å². The summed E-state index contributed by atoms with van der Waals surface area (Å²) >= 11 is 6.39. The third-order valence-corrected chi connectivity index (χ3v) is 4.09. The smallest absolute Gasteiger partial charge is 0.162 e. The SMILES string of the molecule is COc1cc(Cl)c(CN(CCC#N)Cc2ccccc2)cc1OC. The minimum absolute atomic E-state index is 0.470. The van der Waals surface area contributed by atoms with E-state index in [1.165, 1.54) is 5.56 Å². The van der Waals surface area contributed by atoms with Crippen molar-refractivity contribution in [1.29, 1.82) is 5.26 Å². The van der Waals surface area contributed by atoms with Crippen LogP contribution in [0.25, 0.3) is 0 Å². The fraction of sp³-hybridized carbons (Fsp3) is 0.316. The summed E-state index contributed by atoms with van der Waals surface area (Å²) in [5.41, 5.74) is 2.15. The van der Waals surface area contributed by atoms with Crippen LogP contribution in [0.3, 0.4) is 0 Å². The molecule has 0 fully saturated rings. The lowest BCUT2D eigenvalue weighted by molar-refractivity contribution is 0.262. The number of hydrogen-bond acceptors (Lipinski definition) is 4. The molecule has 2 rings (SSSR count). The second-order valence-corrected chi connectivity index (χ2v) is 5.81. The Kier molecular flexibility index (Phi) is 6.92. The highest BCUT2D eigenvalue weighted by Gasteiger charge is 2.14. The molecule has 0 bridgehead atoms. The normalized spacial score (nSPS) is 10.5. The number of benzene rings is 2. The van der Waals surface area contributed by atoms with Crippen LogP contribution in [-0.4, -0.2) is 25.7 Å². The fourth-order valence-electron chi connectivity index (χ4n) is 2.52. The Morgan fingerprint density at radius 1 is 1.04 bits per heavy atom. The molecule has 0 aromatic heterocycles. The first-order valence-corrected chi connectivity index (χ1v) is 8.09. The largest absolute Gasteiger partial charge is 0.493 e. The van der Waals surface area contributed by atoms with Crippen LogP contribution in [0.1, 0.15) is 17.5 Å². The first-order valence-electron chi connectivity index (χ1n) is 7.71. The van der Waals surface area contributed by atoms with E-state index in [-0.39, 0.29) is 0 Å². The molecule has 0 saturated heterocycles. The quantitative estimate of drug-likeness (QED) is 0.717. The van der Waals surface area contributed by atoms with Gasteiger partial charge in [0, 0.05) is 37.1 Å². The van der Waals surface area contributed by atoms with Crippen LogP contribution >= 0.6 is 11.6 Å². The summed E-state index contributed by atoms with van der Waals surface area (Å²) in [5, 5.41) is 9.54. The summed E-state index contributed by atoms with van der Waals surface area (Å²) < 4.78 is 10.6. The molecule has 0 atom stereocenters. The molecule has 0 aliphatic carbocycles. The van der Waals surface area contributed by atoms with Crippen molar-refractivity contribution in [1.82, 2.24) is 4.90 Å². The molecule has 4 nitrogen and oxygen atoms in total. The van der Waals surface area contributed by atoms with Crippen molar-refractivity contribution >= 4 is 11.6 Å². The molecule has 2 aromatic rings. The molecule has 0 heterocycles. The Hall–Kier alpha value is -2.22. The predicted octanol–water partition coefficient (Wildman–Crippen LogP) is 4.27. The lowest BCUT2D eigenvalue weighted by atomic mass is 10.1. The maximum Gasteiger partial charge on any atom is 0.162 e. The Balaban J connectivity index is 2.21. The van der Waals surface area contributed by atoms with Gasteiger partial charge in [-0.15, -0.1) is 0 Å². The van der Waals surface area contributed by atoms with E-state index in [1.54, 1.807) is 20.3 Å². The molecule has 0 radical (unpaired) electrons. The number of halogens is 1. The molecule has 0 amide bonds. The first kappa shape index (κ1) is 18.1. The van der Waals surface area contributed by atoms with Crippen molar-refractivity contribution in [2.45, 2.75) is 19.5 Å². The van der Waals surface area contributed by atoms with Gasteiger partial charge >= 0.3 is 0 Å². The lowest BCUT2D eigenvalue weighted by Gasteiger charge is -2.22. The van der Waals surface area contributed by atoms with Gasteiger partial charge < -0.3 is 9.47 Å². The molecule has 0 unspecified atom stereocenters. The minimum Gasteiger partial charge on any atom is -0.493 e. The molecule has 0 N–H and O–H groups in total. The van der Waals surface area contributed by atoms with E-state index >= 15 is 0 Å². The first-order chi connectivity index (χ1) is 11.7. The zero-order valence-corrected chi connectivity index (χ0v) is 14.7. The van der Waals surface area contributed by atoms with Gasteiger partial charge in [-0.3, -0.25) is 4.90 Å². The van der Waals surface area contributed by atoms with Crippen molar-refractivity contribution in [2.24, 2.45) is 0 Å². The van der Waals surface area contributed by atoms with E-state index in [2.05, 4.69) is 23.1 Å². The molecule has 0 aliphatic rings. The van der Waals surface area contributed by atoms with Gasteiger partial charge in [0.25, 0.3) is 0 Å². The average Bonchev–Trinajstić information content (AvgIpc) is 2.61. The van der Waals surface area contributed by atoms with Gasteiger partial charge in [-0.1, -0.05) is 41.9 Å². The van der Waals surface area contributed by atoms with Crippen molar-refractivity contribution in [3.63, 3.8) is 0 Å². The van der Waals surface area contributed by atoms with E-state index in [4.69, 9.17) is 26.3 Å². The summed E-state index contributed by atoms with van der Waals surface area (Å²) in [5.74, 6) is 1.26. The Morgan fingerprint density at radius 2 is 1.71 bits per heavy atom. The summed E-state index contributed by atoms with van der Waals surface area (Å²) in [6.45, 7) is 2.07. The van der Waals surface area contributed by atoms with Gasteiger partial charge in [-0.25, -0.2) is 0 Å². The minimum atomic E-state index is 0.470. The highest BCUT2D eigenvalue weighted by Crippen LogP contribution is 2.33. The van der Waals surface area contributed by atoms with Crippen LogP contribution < -0.4 is 9.47 Å². The van der Waals surface area contributed by atoms with Crippen LogP contribution in [0.2, 0.25) is 5.02 Å². The van der Waals surface area contributed by atoms with E-state index in [1.807, 2.05) is 24.3 Å². The van der Waals surface area contributed by atoms with Crippen LogP contribution in [-0.2, 0) is 13.1 Å². The molecule has 126 valence electrons. The monoisotopic (exact) mass is 344 g/mol. The maximum absolute atomic E-state index is 8.91. The molecular formula is C19H21ClN2O2. The molecule has 2 aromatic carbocycles. The molecule has 0 aliphatic heterocycles. The van der Waals surface area contributed by atoms with Crippen LogP contribution in [0.15, 0.2) is 42.5 Å². The van der Waals surface area contributed by atoms with Gasteiger partial charge in [0.15, 0.2) is 11.5 Å². The third kappa shape index (κ3) is 4.89. The van der Waals surface area contributed by atoms with E-state index < -0.39 is 0 Å². The number of ether oxygens (including phenoxy) is 2. The molecule has 0 spiro atoms. The third-order valence-electron chi connectivity index (χ3n) is 3.74. The van der Waals surface area contributed by atoms with Crippen LogP contribution in [0.4, 0.5) is 0 Å². The number of nitriles is 1. The summed E-state index contributed by atoms with van der Waals surface area (Å²) in [6.07, 6.45) is 0.470. The van der Waals surface area contributed by atoms with Gasteiger partial charge in [0.2, 0.25) is 0 Å². The van der Waals surface area contributed by atoms with Crippen LogP contribution in [0, 0.1) is 11.3 Å². The highest BCUT2D eigenvalue weighted by molar-refractivity contribution is 6.31. The average molecular weight is 345 g/mol. The maximum atomic E-state index is 8.91. The predicted molar refractivity (Wildman–Crippen MR) is 95.3 cm³/mol. The number of hydrogen-bond donors (Lipinski definition) is 0. The van der Waals surface area contributed by atoms with Gasteiger partial charge in [-0.05, 0) is 17.2 Å². The molecule has 24 heavy (non-hydrogen) atoms. The van der Waals surface area contributed by atoms with Crippen LogP contribution in [0.5, 0.6) is 11.5 Å². The van der Waals surface area contributed by atoms with E-state index in [0.717, 1.165) is 12.1 Å². The summed E-state index contributed by atoms with van der Waals surface area (Å²) in [7, 11) is 3.19. The Bertz CT molecular complexity index is 699. The van der Waals surface area contributed by atoms with Gasteiger partial charge in [0.1, 0.15) is 0 Å².